The average molecular weight is 299 g/mol. The van der Waals surface area contributed by atoms with Crippen LogP contribution in [-0.4, -0.2) is 23.2 Å². The molecule has 0 saturated heterocycles. The number of nitrogens with one attached hydrogen (secondary N) is 1. The topological polar surface area (TPSA) is 64.6 Å². The van der Waals surface area contributed by atoms with Crippen molar-refractivity contribution in [1.82, 2.24) is 5.32 Å². The van der Waals surface area contributed by atoms with Crippen molar-refractivity contribution < 1.29 is 23.8 Å². The molecular weight excluding hydrogens is 277 g/mol. The highest BCUT2D eigenvalue weighted by Crippen LogP contribution is 2.37. The highest BCUT2D eigenvalue weighted by atomic mass is 19.3. The summed E-state index contributed by atoms with van der Waals surface area (Å²) in [4.78, 5) is 27.1. The largest absolute Gasteiger partial charge is 0.444 e. The molecule has 0 fully saturated rings. The zero-order valence-corrected chi connectivity index (χ0v) is 13.1. The first-order valence-corrected chi connectivity index (χ1v) is 6.79. The number of rotatable bonds is 3. The van der Waals surface area contributed by atoms with E-state index in [1.807, 2.05) is 26.0 Å². The molecule has 0 aromatic rings. The molecule has 0 aromatic carbocycles. The first-order valence-electron chi connectivity index (χ1n) is 6.79. The number of hydrogen-bond acceptors (Lipinski definition) is 4. The molecule has 0 aromatic heterocycles. The van der Waals surface area contributed by atoms with Gasteiger partial charge in [-0.25, -0.2) is 9.59 Å². The van der Waals surface area contributed by atoms with Gasteiger partial charge in [0.2, 0.25) is 0 Å². The van der Waals surface area contributed by atoms with E-state index in [2.05, 4.69) is 10.3 Å². The maximum Gasteiger partial charge on any atom is 0.408 e. The van der Waals surface area contributed by atoms with Gasteiger partial charge in [0, 0.05) is 17.4 Å². The summed E-state index contributed by atoms with van der Waals surface area (Å²) in [5.41, 5.74) is -0.387. The third-order valence-corrected chi connectivity index (χ3v) is 3.18. The van der Waals surface area contributed by atoms with Crippen molar-refractivity contribution in [2.24, 2.45) is 0 Å². The summed E-state index contributed by atoms with van der Waals surface area (Å²) >= 11 is 0. The lowest BCUT2D eigenvalue weighted by Gasteiger charge is -2.28. The van der Waals surface area contributed by atoms with E-state index < -0.39 is 23.2 Å². The molecule has 5 nitrogen and oxygen atoms in total. The molecule has 0 spiro atoms. The molecule has 0 radical (unpaired) electrons. The minimum Gasteiger partial charge on any atom is -0.444 e. The lowest BCUT2D eigenvalue weighted by atomic mass is 9.94. The van der Waals surface area contributed by atoms with Gasteiger partial charge in [-0.3, -0.25) is 4.94 Å². The predicted molar refractivity (Wildman–Crippen MR) is 76.0 cm³/mol. The van der Waals surface area contributed by atoms with Crippen molar-refractivity contribution in [2.75, 3.05) is 0 Å². The fourth-order valence-electron chi connectivity index (χ4n) is 2.36. The van der Waals surface area contributed by atoms with Crippen LogP contribution in [0.25, 0.3) is 0 Å². The van der Waals surface area contributed by atoms with E-state index in [1.165, 1.54) is 0 Å². The number of ether oxygens (including phenoxy) is 1. The molecule has 1 amide bonds. The van der Waals surface area contributed by atoms with Gasteiger partial charge in [-0.15, -0.1) is 0 Å². The minimum absolute atomic E-state index is 0.172. The molecule has 1 aliphatic rings. The summed E-state index contributed by atoms with van der Waals surface area (Å²) in [6.45, 7) is 8.79. The number of amides is 1. The van der Waals surface area contributed by atoms with Gasteiger partial charge >= 0.3 is 12.1 Å². The Bertz CT molecular complexity index is 490. The maximum absolute atomic E-state index is 12.4. The first kappa shape index (κ1) is 17.2. The molecule has 21 heavy (non-hydrogen) atoms. The number of carbonyl (C=O) groups excluding carboxylic acids is 2. The summed E-state index contributed by atoms with van der Waals surface area (Å²) in [5.74, 6) is -1.12. The standard InChI is InChI=1S/C15H22FNO4/c1-6-7-11-9-15(8-10(11)2,12(18)21-16)17-13(19)20-14(3,4)5/h6-7H,8-9H2,1-5H3,(H,17,19). The Morgan fingerprint density at radius 3 is 2.43 bits per heavy atom. The molecule has 1 N–H and O–H groups in total. The van der Waals surface area contributed by atoms with Gasteiger partial charge in [0.25, 0.3) is 0 Å². The van der Waals surface area contributed by atoms with E-state index in [0.717, 1.165) is 11.1 Å². The van der Waals surface area contributed by atoms with Crippen LogP contribution < -0.4 is 5.32 Å². The van der Waals surface area contributed by atoms with Crippen LogP contribution in [0.1, 0.15) is 47.5 Å². The normalized spacial score (nSPS) is 22.6. The lowest BCUT2D eigenvalue weighted by Crippen LogP contribution is -2.54. The third kappa shape index (κ3) is 4.31. The summed E-state index contributed by atoms with van der Waals surface area (Å²) in [6.07, 6.45) is 3.24. The Morgan fingerprint density at radius 1 is 1.33 bits per heavy atom. The second-order valence-electron chi connectivity index (χ2n) is 6.23. The highest BCUT2D eigenvalue weighted by Gasteiger charge is 2.47. The van der Waals surface area contributed by atoms with Gasteiger partial charge in [0.15, 0.2) is 5.54 Å². The van der Waals surface area contributed by atoms with E-state index in [4.69, 9.17) is 4.74 Å². The molecule has 1 rings (SSSR count). The molecule has 0 saturated carbocycles. The van der Waals surface area contributed by atoms with E-state index >= 15 is 0 Å². The predicted octanol–water partition coefficient (Wildman–Crippen LogP) is 3.36. The summed E-state index contributed by atoms with van der Waals surface area (Å²) in [5, 5.41) is 2.47. The Hall–Kier alpha value is -1.85. The van der Waals surface area contributed by atoms with E-state index in [1.54, 1.807) is 20.8 Å². The van der Waals surface area contributed by atoms with Crippen molar-refractivity contribution in [3.63, 3.8) is 0 Å². The SMILES string of the molecule is CC=CC1=C(C)CC(NC(=O)OC(C)(C)C)(C(=O)OF)C1. The molecule has 0 heterocycles. The monoisotopic (exact) mass is 299 g/mol. The van der Waals surface area contributed by atoms with Crippen molar-refractivity contribution in [3.05, 3.63) is 23.3 Å². The van der Waals surface area contributed by atoms with E-state index in [0.29, 0.717) is 0 Å². The Balaban J connectivity index is 2.95. The zero-order chi connectivity index (χ0) is 16.3. The Morgan fingerprint density at radius 2 is 1.95 bits per heavy atom. The first-order chi connectivity index (χ1) is 9.63. The van der Waals surface area contributed by atoms with Crippen LogP contribution in [0.3, 0.4) is 0 Å². The van der Waals surface area contributed by atoms with E-state index in [-0.39, 0.29) is 12.8 Å². The van der Waals surface area contributed by atoms with Gasteiger partial charge in [-0.2, -0.15) is 0 Å². The van der Waals surface area contributed by atoms with Gasteiger partial charge in [-0.05, 0) is 40.2 Å². The number of carbonyl (C=O) groups is 2. The van der Waals surface area contributed by atoms with Crippen LogP contribution in [0.5, 0.6) is 0 Å². The number of halogens is 1. The molecule has 6 heteroatoms. The fraction of sp³-hybridized carbons (Fsp3) is 0.600. The van der Waals surface area contributed by atoms with Crippen LogP contribution >= 0.6 is 0 Å². The van der Waals surface area contributed by atoms with Crippen LogP contribution in [0.4, 0.5) is 9.32 Å². The molecule has 1 atom stereocenters. The van der Waals surface area contributed by atoms with Crippen molar-refractivity contribution >= 4 is 12.1 Å². The van der Waals surface area contributed by atoms with Crippen molar-refractivity contribution in [1.29, 1.82) is 0 Å². The van der Waals surface area contributed by atoms with E-state index in [9.17, 15) is 14.1 Å². The number of hydrogen-bond donors (Lipinski definition) is 1. The van der Waals surface area contributed by atoms with Crippen LogP contribution in [-0.2, 0) is 14.5 Å². The van der Waals surface area contributed by atoms with Crippen LogP contribution in [0.15, 0.2) is 23.3 Å². The van der Waals surface area contributed by atoms with Gasteiger partial charge < -0.3 is 10.1 Å². The summed E-state index contributed by atoms with van der Waals surface area (Å²) in [6, 6.07) is 0. The average Bonchev–Trinajstić information content (AvgIpc) is 2.64. The second kappa shape index (κ2) is 6.28. The Labute approximate surface area is 124 Å². The molecule has 1 unspecified atom stereocenters. The Kier molecular flexibility index (Phi) is 5.15. The smallest absolute Gasteiger partial charge is 0.408 e. The fourth-order valence-corrected chi connectivity index (χ4v) is 2.36. The molecular formula is C15H22FNO4. The van der Waals surface area contributed by atoms with Crippen molar-refractivity contribution in [2.45, 2.75) is 58.6 Å². The van der Waals surface area contributed by atoms with Crippen LogP contribution in [0, 0.1) is 0 Å². The number of alkyl carbamates (subject to hydrolysis) is 1. The lowest BCUT2D eigenvalue weighted by molar-refractivity contribution is -0.191. The third-order valence-electron chi connectivity index (χ3n) is 3.18. The van der Waals surface area contributed by atoms with Gasteiger partial charge in [-0.1, -0.05) is 17.7 Å². The van der Waals surface area contributed by atoms with Crippen LogP contribution in [0.2, 0.25) is 0 Å². The molecule has 1 aliphatic carbocycles. The minimum atomic E-state index is -1.45. The quantitative estimate of drug-likeness (QED) is 0.868. The zero-order valence-electron chi connectivity index (χ0n) is 13.1. The second-order valence-corrected chi connectivity index (χ2v) is 6.23. The molecule has 0 aliphatic heterocycles. The molecule has 0 bridgehead atoms. The number of allylic oxidation sites excluding steroid dienone is 2. The van der Waals surface area contributed by atoms with Gasteiger partial charge in [0.1, 0.15) is 5.60 Å². The highest BCUT2D eigenvalue weighted by molar-refractivity contribution is 5.87. The molecule has 118 valence electrons. The maximum atomic E-state index is 12.4. The summed E-state index contributed by atoms with van der Waals surface area (Å²) in [7, 11) is 0. The van der Waals surface area contributed by atoms with Gasteiger partial charge in [0.05, 0.1) is 0 Å². The van der Waals surface area contributed by atoms with Crippen molar-refractivity contribution in [3.8, 4) is 0 Å². The summed E-state index contributed by atoms with van der Waals surface area (Å²) < 4.78 is 17.6.